The molecule has 10 nitrogen and oxygen atoms in total. The quantitative estimate of drug-likeness (QED) is 0.229. The van der Waals surface area contributed by atoms with Gasteiger partial charge in [0, 0.05) is 5.75 Å². The van der Waals surface area contributed by atoms with Gasteiger partial charge in [-0.3, -0.25) is 0 Å². The van der Waals surface area contributed by atoms with E-state index in [4.69, 9.17) is 14.2 Å². The Kier molecular flexibility index (Phi) is 6.61. The van der Waals surface area contributed by atoms with Gasteiger partial charge in [-0.25, -0.2) is 0 Å². The largest absolute Gasteiger partial charge is 0.394 e. The Labute approximate surface area is 137 Å². The summed E-state index contributed by atoms with van der Waals surface area (Å²) in [5.41, 5.74) is 0. The van der Waals surface area contributed by atoms with Crippen molar-refractivity contribution < 1.29 is 50.0 Å². The summed E-state index contributed by atoms with van der Waals surface area (Å²) in [5, 5.41) is 67.7. The first-order chi connectivity index (χ1) is 10.8. The summed E-state index contributed by atoms with van der Waals surface area (Å²) < 4.78 is 15.5. The topological polar surface area (TPSA) is 169 Å². The van der Waals surface area contributed by atoms with E-state index in [1.165, 1.54) is 0 Å². The molecule has 0 aromatic rings. The predicted octanol–water partition coefficient (Wildman–Crippen LogP) is -4.46. The lowest BCUT2D eigenvalue weighted by molar-refractivity contribution is -0.351. The van der Waals surface area contributed by atoms with E-state index in [0.717, 1.165) is 0 Å². The molecule has 2 aliphatic heterocycles. The molecule has 5 unspecified atom stereocenters. The van der Waals surface area contributed by atoms with E-state index in [-0.39, 0.29) is 5.75 Å². The van der Waals surface area contributed by atoms with E-state index >= 15 is 0 Å². The van der Waals surface area contributed by atoms with Gasteiger partial charge in [0.25, 0.3) is 0 Å². The van der Waals surface area contributed by atoms with Crippen LogP contribution in [0, 0.1) is 0 Å². The van der Waals surface area contributed by atoms with Gasteiger partial charge < -0.3 is 50.0 Å². The van der Waals surface area contributed by atoms with Crippen LogP contribution in [0.15, 0.2) is 0 Å². The van der Waals surface area contributed by atoms with Crippen LogP contribution in [0.1, 0.15) is 0 Å². The summed E-state index contributed by atoms with van der Waals surface area (Å²) in [6, 6.07) is 0. The zero-order valence-corrected chi connectivity index (χ0v) is 12.9. The van der Waals surface area contributed by atoms with Crippen molar-refractivity contribution in [3.8, 4) is 0 Å². The molecule has 2 aliphatic rings. The summed E-state index contributed by atoms with van der Waals surface area (Å²) in [5.74, 6) is 0.0271. The van der Waals surface area contributed by atoms with Gasteiger partial charge in [-0.05, 0) is 0 Å². The molecule has 2 fully saturated rings. The lowest BCUT2D eigenvalue weighted by Gasteiger charge is -2.45. The molecule has 0 bridgehead atoms. The van der Waals surface area contributed by atoms with Gasteiger partial charge in [0.1, 0.15) is 42.7 Å². The van der Waals surface area contributed by atoms with Crippen LogP contribution in [0.5, 0.6) is 0 Å². The molecule has 0 saturated carbocycles. The van der Waals surface area contributed by atoms with Gasteiger partial charge >= 0.3 is 0 Å². The third-order valence-corrected chi connectivity index (χ3v) is 4.34. The van der Waals surface area contributed by atoms with E-state index in [9.17, 15) is 35.7 Å². The number of aliphatic hydroxyl groups excluding tert-OH is 7. The van der Waals surface area contributed by atoms with Gasteiger partial charge in [-0.15, -0.1) is 0 Å². The van der Waals surface area contributed by atoms with Crippen LogP contribution >= 0.6 is 12.6 Å². The molecule has 0 aromatic carbocycles. The second-order valence-electron chi connectivity index (χ2n) is 5.53. The fraction of sp³-hybridized carbons (Fsp3) is 1.00. The number of rotatable bonds is 4. The van der Waals surface area contributed by atoms with Gasteiger partial charge in [0.15, 0.2) is 12.6 Å². The van der Waals surface area contributed by atoms with Crippen LogP contribution in [0.3, 0.4) is 0 Å². The molecular weight excluding hydrogens is 336 g/mol. The minimum absolute atomic E-state index is 0.0271. The van der Waals surface area contributed by atoms with E-state index in [1.807, 2.05) is 0 Å². The average Bonchev–Trinajstić information content (AvgIpc) is 2.55. The van der Waals surface area contributed by atoms with Crippen molar-refractivity contribution in [3.05, 3.63) is 0 Å². The molecule has 0 radical (unpaired) electrons. The highest BCUT2D eigenvalue weighted by Crippen LogP contribution is 2.28. The second kappa shape index (κ2) is 7.89. The third kappa shape index (κ3) is 3.80. The molecule has 0 aliphatic carbocycles. The van der Waals surface area contributed by atoms with Crippen molar-refractivity contribution in [1.82, 2.24) is 0 Å². The molecule has 7 N–H and O–H groups in total. The summed E-state index contributed by atoms with van der Waals surface area (Å²) in [4.78, 5) is 0. The fourth-order valence-electron chi connectivity index (χ4n) is 2.57. The first-order valence-corrected chi connectivity index (χ1v) is 7.71. The molecule has 2 heterocycles. The van der Waals surface area contributed by atoms with E-state index in [0.29, 0.717) is 0 Å². The standard InChI is InChI=1S/C12H22O10S/c13-1-3-10(7(16)8(17)11(19)20-3)22-12-9(18)6(15)5(14)4(2-23)21-12/h3-19,23H,1-2H2/t3?,4?,5-,6?,7?,8-,9-,10+,11?,12-/m0/s1. The van der Waals surface area contributed by atoms with Crippen LogP contribution < -0.4 is 0 Å². The molecule has 23 heavy (non-hydrogen) atoms. The molecule has 2 saturated heterocycles. The van der Waals surface area contributed by atoms with E-state index in [1.54, 1.807) is 0 Å². The van der Waals surface area contributed by atoms with Crippen LogP contribution in [0.25, 0.3) is 0 Å². The SMILES string of the molecule is OCC1OC(O)[C@@H](O)C(O)[C@@H]1O[C@@H]1OC(CS)[C@H](O)C(O)[C@@H]1O. The zero-order chi connectivity index (χ0) is 17.3. The van der Waals surface area contributed by atoms with Gasteiger partial charge in [-0.1, -0.05) is 0 Å². The lowest BCUT2D eigenvalue weighted by Crippen LogP contribution is -2.64. The molecule has 0 aromatic heterocycles. The Balaban J connectivity index is 2.11. The second-order valence-corrected chi connectivity index (χ2v) is 5.89. The highest BCUT2D eigenvalue weighted by atomic mass is 32.1. The van der Waals surface area contributed by atoms with Gasteiger partial charge in [-0.2, -0.15) is 12.6 Å². The number of hydrogen-bond donors (Lipinski definition) is 8. The van der Waals surface area contributed by atoms with Crippen molar-refractivity contribution in [2.45, 2.75) is 61.4 Å². The summed E-state index contributed by atoms with van der Waals surface area (Å²) in [6.45, 7) is -0.643. The lowest BCUT2D eigenvalue weighted by atomic mass is 9.97. The molecule has 0 amide bonds. The molecule has 10 atom stereocenters. The Morgan fingerprint density at radius 2 is 1.43 bits per heavy atom. The van der Waals surface area contributed by atoms with Crippen molar-refractivity contribution >= 4 is 12.6 Å². The van der Waals surface area contributed by atoms with Gasteiger partial charge in [0.05, 0.1) is 12.7 Å². The maximum absolute atomic E-state index is 9.98. The number of thiol groups is 1. The Bertz CT molecular complexity index is 383. The van der Waals surface area contributed by atoms with E-state index in [2.05, 4.69) is 12.6 Å². The van der Waals surface area contributed by atoms with Crippen molar-refractivity contribution in [1.29, 1.82) is 0 Å². The minimum atomic E-state index is -1.71. The average molecular weight is 358 g/mol. The van der Waals surface area contributed by atoms with Crippen LogP contribution in [0.2, 0.25) is 0 Å². The first-order valence-electron chi connectivity index (χ1n) is 7.08. The normalized spacial score (nSPS) is 51.7. The van der Waals surface area contributed by atoms with Crippen molar-refractivity contribution in [3.63, 3.8) is 0 Å². The monoisotopic (exact) mass is 358 g/mol. The Morgan fingerprint density at radius 3 is 2.00 bits per heavy atom. The summed E-state index contributed by atoms with van der Waals surface area (Å²) in [6.07, 6.45) is -14.6. The predicted molar refractivity (Wildman–Crippen MR) is 75.4 cm³/mol. The van der Waals surface area contributed by atoms with E-state index < -0.39 is 68.0 Å². The summed E-state index contributed by atoms with van der Waals surface area (Å²) >= 11 is 3.96. The van der Waals surface area contributed by atoms with Crippen LogP contribution in [-0.2, 0) is 14.2 Å². The molecule has 2 rings (SSSR count). The maximum atomic E-state index is 9.98. The zero-order valence-electron chi connectivity index (χ0n) is 12.0. The minimum Gasteiger partial charge on any atom is -0.394 e. The number of ether oxygens (including phenoxy) is 3. The Morgan fingerprint density at radius 1 is 0.783 bits per heavy atom. The molecule has 11 heteroatoms. The number of aliphatic hydroxyl groups is 7. The van der Waals surface area contributed by atoms with Crippen LogP contribution in [-0.4, -0.2) is 110 Å². The highest BCUT2D eigenvalue weighted by molar-refractivity contribution is 7.80. The highest BCUT2D eigenvalue weighted by Gasteiger charge is 2.49. The molecule has 0 spiro atoms. The van der Waals surface area contributed by atoms with Crippen LogP contribution in [0.4, 0.5) is 0 Å². The maximum Gasteiger partial charge on any atom is 0.187 e. The van der Waals surface area contributed by atoms with Gasteiger partial charge in [0.2, 0.25) is 0 Å². The molecule has 136 valence electrons. The first kappa shape index (κ1) is 19.3. The number of hydrogen-bond acceptors (Lipinski definition) is 11. The third-order valence-electron chi connectivity index (χ3n) is 3.98. The van der Waals surface area contributed by atoms with Crippen molar-refractivity contribution in [2.75, 3.05) is 12.4 Å². The fourth-order valence-corrected chi connectivity index (χ4v) is 2.87. The smallest absolute Gasteiger partial charge is 0.187 e. The van der Waals surface area contributed by atoms with Crippen molar-refractivity contribution in [2.24, 2.45) is 0 Å². The summed E-state index contributed by atoms with van der Waals surface area (Å²) in [7, 11) is 0. The Hall–Kier alpha value is -0.0500. The molecular formula is C12H22O10S.